The van der Waals surface area contributed by atoms with Gasteiger partial charge in [0.1, 0.15) is 11.6 Å². The summed E-state index contributed by atoms with van der Waals surface area (Å²) >= 11 is 0. The number of rotatable bonds is 4. The maximum atomic E-state index is 4.35. The molecule has 0 amide bonds. The van der Waals surface area contributed by atoms with Crippen LogP contribution in [0.25, 0.3) is 0 Å². The van der Waals surface area contributed by atoms with Crippen molar-refractivity contribution in [1.29, 1.82) is 0 Å². The van der Waals surface area contributed by atoms with Crippen LogP contribution in [0.4, 0.5) is 5.82 Å². The zero-order valence-corrected chi connectivity index (χ0v) is 9.46. The minimum atomic E-state index is 0.517. The number of nitrogens with one attached hydrogen (secondary N) is 1. The smallest absolute Gasteiger partial charge is 0.130 e. The topological polar surface area (TPSA) is 37.8 Å². The number of aromatic nitrogens is 2. The highest BCUT2D eigenvalue weighted by atomic mass is 15.0. The monoisotopic (exact) mass is 193 g/mol. The summed E-state index contributed by atoms with van der Waals surface area (Å²) in [7, 11) is 0. The Morgan fingerprint density at radius 2 is 1.86 bits per heavy atom. The van der Waals surface area contributed by atoms with Crippen molar-refractivity contribution in [2.75, 3.05) is 5.32 Å². The molecule has 0 aromatic carbocycles. The van der Waals surface area contributed by atoms with Crippen molar-refractivity contribution in [3.8, 4) is 0 Å². The van der Waals surface area contributed by atoms with Crippen molar-refractivity contribution in [2.24, 2.45) is 0 Å². The molecule has 14 heavy (non-hydrogen) atoms. The molecule has 0 saturated heterocycles. The Bertz CT molecular complexity index is 272. The summed E-state index contributed by atoms with van der Waals surface area (Å²) in [6.45, 7) is 8.28. The largest absolute Gasteiger partial charge is 0.367 e. The van der Waals surface area contributed by atoms with E-state index in [1.165, 1.54) is 0 Å². The van der Waals surface area contributed by atoms with Crippen LogP contribution in [0.15, 0.2) is 6.07 Å². The second-order valence-corrected chi connectivity index (χ2v) is 3.60. The quantitative estimate of drug-likeness (QED) is 0.799. The van der Waals surface area contributed by atoms with Crippen LogP contribution in [0.1, 0.15) is 38.2 Å². The highest BCUT2D eigenvalue weighted by Gasteiger charge is 2.04. The van der Waals surface area contributed by atoms with Gasteiger partial charge in [-0.2, -0.15) is 0 Å². The average molecular weight is 193 g/mol. The molecule has 0 aliphatic rings. The third-order valence-corrected chi connectivity index (χ3v) is 2.30. The molecule has 1 aromatic heterocycles. The number of anilines is 1. The van der Waals surface area contributed by atoms with Gasteiger partial charge in [-0.15, -0.1) is 0 Å². The summed E-state index contributed by atoms with van der Waals surface area (Å²) in [5.41, 5.74) is 1.02. The van der Waals surface area contributed by atoms with E-state index in [1.807, 2.05) is 19.9 Å². The Morgan fingerprint density at radius 1 is 1.21 bits per heavy atom. The van der Waals surface area contributed by atoms with Crippen molar-refractivity contribution in [3.63, 3.8) is 0 Å². The van der Waals surface area contributed by atoms with Gasteiger partial charge in [-0.05, 0) is 26.7 Å². The molecular formula is C11H19N3. The van der Waals surface area contributed by atoms with Gasteiger partial charge in [-0.3, -0.25) is 0 Å². The van der Waals surface area contributed by atoms with Gasteiger partial charge in [-0.25, -0.2) is 9.97 Å². The summed E-state index contributed by atoms with van der Waals surface area (Å²) in [6, 6.07) is 2.51. The van der Waals surface area contributed by atoms with E-state index in [2.05, 4.69) is 29.1 Å². The second-order valence-electron chi connectivity index (χ2n) is 3.60. The molecule has 0 radical (unpaired) electrons. The van der Waals surface area contributed by atoms with Gasteiger partial charge in [0.25, 0.3) is 0 Å². The number of hydrogen-bond donors (Lipinski definition) is 1. The van der Waals surface area contributed by atoms with Crippen LogP contribution in [-0.4, -0.2) is 16.0 Å². The van der Waals surface area contributed by atoms with Crippen molar-refractivity contribution in [2.45, 2.75) is 46.6 Å². The first-order valence-corrected chi connectivity index (χ1v) is 5.24. The molecule has 0 fully saturated rings. The number of nitrogens with zero attached hydrogens (tertiary/aromatic N) is 2. The molecule has 0 spiro atoms. The molecule has 0 bridgehead atoms. The molecule has 3 heteroatoms. The van der Waals surface area contributed by atoms with Gasteiger partial charge in [0.2, 0.25) is 0 Å². The lowest BCUT2D eigenvalue weighted by Crippen LogP contribution is -2.18. The lowest BCUT2D eigenvalue weighted by atomic mass is 10.2. The van der Waals surface area contributed by atoms with Gasteiger partial charge < -0.3 is 5.32 Å². The minimum Gasteiger partial charge on any atom is -0.367 e. The molecule has 0 atom stereocenters. The van der Waals surface area contributed by atoms with E-state index in [-0.39, 0.29) is 0 Å². The zero-order chi connectivity index (χ0) is 10.6. The Morgan fingerprint density at radius 3 is 2.36 bits per heavy atom. The molecule has 1 N–H and O–H groups in total. The average Bonchev–Trinajstić information content (AvgIpc) is 2.12. The van der Waals surface area contributed by atoms with Crippen LogP contribution >= 0.6 is 0 Å². The van der Waals surface area contributed by atoms with E-state index >= 15 is 0 Å². The first-order valence-electron chi connectivity index (χ1n) is 5.24. The standard InChI is InChI=1S/C11H19N3/c1-5-10(6-2)14-11-7-8(3)12-9(4)13-11/h7,10H,5-6H2,1-4H3,(H,12,13,14). The molecule has 1 aromatic rings. The van der Waals surface area contributed by atoms with Gasteiger partial charge in [0.05, 0.1) is 0 Å². The van der Waals surface area contributed by atoms with Crippen LogP contribution in [0.3, 0.4) is 0 Å². The summed E-state index contributed by atoms with van der Waals surface area (Å²) < 4.78 is 0. The van der Waals surface area contributed by atoms with Crippen molar-refractivity contribution >= 4 is 5.82 Å². The van der Waals surface area contributed by atoms with Crippen molar-refractivity contribution < 1.29 is 0 Å². The van der Waals surface area contributed by atoms with Crippen LogP contribution in [0.2, 0.25) is 0 Å². The van der Waals surface area contributed by atoms with Gasteiger partial charge in [0, 0.05) is 17.8 Å². The maximum Gasteiger partial charge on any atom is 0.130 e. The molecule has 0 aliphatic heterocycles. The molecule has 1 rings (SSSR count). The second kappa shape index (κ2) is 4.94. The summed E-state index contributed by atoms with van der Waals surface area (Å²) in [5.74, 6) is 1.78. The molecule has 0 aliphatic carbocycles. The predicted molar refractivity (Wildman–Crippen MR) is 59.5 cm³/mol. The van der Waals surface area contributed by atoms with E-state index in [0.717, 1.165) is 30.2 Å². The van der Waals surface area contributed by atoms with E-state index in [4.69, 9.17) is 0 Å². The molecule has 1 heterocycles. The number of aryl methyl sites for hydroxylation is 2. The van der Waals surface area contributed by atoms with Crippen molar-refractivity contribution in [3.05, 3.63) is 17.6 Å². The molecular weight excluding hydrogens is 174 g/mol. The predicted octanol–water partition coefficient (Wildman–Crippen LogP) is 2.69. The summed E-state index contributed by atoms with van der Waals surface area (Å²) in [4.78, 5) is 8.59. The SMILES string of the molecule is CCC(CC)Nc1cc(C)nc(C)n1. The van der Waals surface area contributed by atoms with E-state index in [9.17, 15) is 0 Å². The summed E-state index contributed by atoms with van der Waals surface area (Å²) in [5, 5.41) is 3.41. The fraction of sp³-hybridized carbons (Fsp3) is 0.636. The van der Waals surface area contributed by atoms with Gasteiger partial charge in [0.15, 0.2) is 0 Å². The van der Waals surface area contributed by atoms with E-state index in [0.29, 0.717) is 6.04 Å². The summed E-state index contributed by atoms with van der Waals surface area (Å²) in [6.07, 6.45) is 2.25. The molecule has 3 nitrogen and oxygen atoms in total. The fourth-order valence-electron chi connectivity index (χ4n) is 1.49. The zero-order valence-electron chi connectivity index (χ0n) is 9.46. The lowest BCUT2D eigenvalue weighted by Gasteiger charge is -2.15. The highest BCUT2D eigenvalue weighted by Crippen LogP contribution is 2.10. The maximum absolute atomic E-state index is 4.35. The Kier molecular flexibility index (Phi) is 3.86. The van der Waals surface area contributed by atoms with Crippen molar-refractivity contribution in [1.82, 2.24) is 9.97 Å². The number of hydrogen-bond acceptors (Lipinski definition) is 3. The Hall–Kier alpha value is -1.12. The van der Waals surface area contributed by atoms with Gasteiger partial charge >= 0.3 is 0 Å². The Labute approximate surface area is 86.0 Å². The van der Waals surface area contributed by atoms with Crippen LogP contribution < -0.4 is 5.32 Å². The molecule has 0 unspecified atom stereocenters. The van der Waals surface area contributed by atoms with Crippen LogP contribution in [0, 0.1) is 13.8 Å². The van der Waals surface area contributed by atoms with Crippen LogP contribution in [-0.2, 0) is 0 Å². The molecule has 78 valence electrons. The van der Waals surface area contributed by atoms with Crippen LogP contribution in [0.5, 0.6) is 0 Å². The normalized spacial score (nSPS) is 10.6. The van der Waals surface area contributed by atoms with Gasteiger partial charge in [-0.1, -0.05) is 13.8 Å². The van der Waals surface area contributed by atoms with E-state index in [1.54, 1.807) is 0 Å². The van der Waals surface area contributed by atoms with E-state index < -0.39 is 0 Å². The Balaban J connectivity index is 2.75. The first kappa shape index (κ1) is 11.0. The third kappa shape index (κ3) is 2.98. The lowest BCUT2D eigenvalue weighted by molar-refractivity contribution is 0.667. The minimum absolute atomic E-state index is 0.517. The fourth-order valence-corrected chi connectivity index (χ4v) is 1.49. The first-order chi connectivity index (χ1) is 6.65. The third-order valence-electron chi connectivity index (χ3n) is 2.30. The molecule has 0 saturated carbocycles. The highest BCUT2D eigenvalue weighted by molar-refractivity contribution is 5.36.